The van der Waals surface area contributed by atoms with Gasteiger partial charge in [-0.05, 0) is 36.3 Å². The number of hydrogen-bond donors (Lipinski definition) is 1. The molecule has 1 atom stereocenters. The average molecular weight is 252 g/mol. The predicted octanol–water partition coefficient (Wildman–Crippen LogP) is 4.56. The van der Waals surface area contributed by atoms with Gasteiger partial charge in [-0.1, -0.05) is 56.0 Å². The molecule has 0 spiro atoms. The smallest absolute Gasteiger partial charge is 0.0453 e. The molecule has 1 aromatic rings. The summed E-state index contributed by atoms with van der Waals surface area (Å²) in [7, 11) is 0. The molecule has 2 N–H and O–H groups in total. The van der Waals surface area contributed by atoms with Gasteiger partial charge in [0.05, 0.1) is 0 Å². The first-order valence-electron chi connectivity index (χ1n) is 6.72. The molecule has 1 fully saturated rings. The van der Waals surface area contributed by atoms with Gasteiger partial charge in [0.2, 0.25) is 0 Å². The zero-order valence-electron chi connectivity index (χ0n) is 10.5. The van der Waals surface area contributed by atoms with E-state index in [-0.39, 0.29) is 6.04 Å². The van der Waals surface area contributed by atoms with Crippen LogP contribution in [0.1, 0.15) is 50.6 Å². The molecule has 1 unspecified atom stereocenters. The molecule has 94 valence electrons. The van der Waals surface area contributed by atoms with Gasteiger partial charge in [0.15, 0.2) is 0 Å². The number of hydrogen-bond acceptors (Lipinski definition) is 1. The Morgan fingerprint density at radius 2 is 1.88 bits per heavy atom. The van der Waals surface area contributed by atoms with Crippen molar-refractivity contribution in [2.45, 2.75) is 45.1 Å². The second-order valence-electron chi connectivity index (χ2n) is 5.24. The van der Waals surface area contributed by atoms with E-state index in [1.54, 1.807) is 0 Å². The van der Waals surface area contributed by atoms with E-state index in [9.17, 15) is 0 Å². The van der Waals surface area contributed by atoms with Crippen molar-refractivity contribution in [3.63, 3.8) is 0 Å². The summed E-state index contributed by atoms with van der Waals surface area (Å²) >= 11 is 6.21. The fraction of sp³-hybridized carbons (Fsp3) is 0.600. The van der Waals surface area contributed by atoms with Crippen LogP contribution in [0.15, 0.2) is 24.3 Å². The SMILES string of the molecule is CCC1CCC(C(N)c2ccccc2Cl)CC1. The lowest BCUT2D eigenvalue weighted by molar-refractivity contribution is 0.240. The molecule has 17 heavy (non-hydrogen) atoms. The van der Waals surface area contributed by atoms with Gasteiger partial charge in [-0.2, -0.15) is 0 Å². The average Bonchev–Trinajstić information content (AvgIpc) is 2.39. The van der Waals surface area contributed by atoms with Crippen LogP contribution in [0.5, 0.6) is 0 Å². The van der Waals surface area contributed by atoms with Crippen molar-refractivity contribution in [1.29, 1.82) is 0 Å². The van der Waals surface area contributed by atoms with E-state index in [4.69, 9.17) is 17.3 Å². The Kier molecular flexibility index (Phi) is 4.47. The fourth-order valence-corrected chi connectivity index (χ4v) is 3.22. The van der Waals surface area contributed by atoms with Crippen molar-refractivity contribution in [1.82, 2.24) is 0 Å². The Morgan fingerprint density at radius 3 is 2.47 bits per heavy atom. The van der Waals surface area contributed by atoms with Crippen LogP contribution in [0.2, 0.25) is 5.02 Å². The molecule has 1 aromatic carbocycles. The summed E-state index contributed by atoms with van der Waals surface area (Å²) in [5.41, 5.74) is 7.49. The molecule has 0 radical (unpaired) electrons. The first-order valence-corrected chi connectivity index (χ1v) is 7.10. The van der Waals surface area contributed by atoms with Gasteiger partial charge >= 0.3 is 0 Å². The maximum atomic E-state index is 6.37. The Hall–Kier alpha value is -0.530. The Labute approximate surface area is 109 Å². The summed E-state index contributed by atoms with van der Waals surface area (Å²) < 4.78 is 0. The number of rotatable bonds is 3. The van der Waals surface area contributed by atoms with Crippen LogP contribution in [-0.2, 0) is 0 Å². The highest BCUT2D eigenvalue weighted by molar-refractivity contribution is 6.31. The van der Waals surface area contributed by atoms with E-state index < -0.39 is 0 Å². The minimum absolute atomic E-state index is 0.113. The highest BCUT2D eigenvalue weighted by Crippen LogP contribution is 2.38. The molecular formula is C15H22ClN. The first-order chi connectivity index (χ1) is 8.22. The van der Waals surface area contributed by atoms with Crippen LogP contribution in [0, 0.1) is 11.8 Å². The van der Waals surface area contributed by atoms with Crippen LogP contribution >= 0.6 is 11.6 Å². The van der Waals surface area contributed by atoms with E-state index in [0.29, 0.717) is 5.92 Å². The predicted molar refractivity (Wildman–Crippen MR) is 74.1 cm³/mol. The summed E-state index contributed by atoms with van der Waals surface area (Å²) in [5, 5.41) is 0.817. The monoisotopic (exact) mass is 251 g/mol. The Balaban J connectivity index is 2.02. The van der Waals surface area contributed by atoms with Crippen LogP contribution in [0.3, 0.4) is 0 Å². The Bertz CT molecular complexity index is 356. The van der Waals surface area contributed by atoms with Gasteiger partial charge in [0.25, 0.3) is 0 Å². The molecular weight excluding hydrogens is 230 g/mol. The summed E-state index contributed by atoms with van der Waals surface area (Å²) in [5.74, 6) is 1.53. The first kappa shape index (κ1) is 12.9. The lowest BCUT2D eigenvalue weighted by Crippen LogP contribution is -2.26. The lowest BCUT2D eigenvalue weighted by Gasteiger charge is -2.32. The van der Waals surface area contributed by atoms with Gasteiger partial charge in [0, 0.05) is 11.1 Å². The van der Waals surface area contributed by atoms with E-state index in [1.165, 1.54) is 32.1 Å². The number of halogens is 1. The van der Waals surface area contributed by atoms with Crippen molar-refractivity contribution in [3.8, 4) is 0 Å². The topological polar surface area (TPSA) is 26.0 Å². The second-order valence-corrected chi connectivity index (χ2v) is 5.64. The molecule has 2 rings (SSSR count). The molecule has 1 aliphatic carbocycles. The van der Waals surface area contributed by atoms with Gasteiger partial charge in [-0.15, -0.1) is 0 Å². The normalized spacial score (nSPS) is 26.8. The standard InChI is InChI=1S/C15H22ClN/c1-2-11-7-9-12(10-8-11)15(17)13-5-3-4-6-14(13)16/h3-6,11-12,15H,2,7-10,17H2,1H3. The molecule has 0 heterocycles. The minimum atomic E-state index is 0.113. The van der Waals surface area contributed by atoms with Gasteiger partial charge in [-0.25, -0.2) is 0 Å². The zero-order chi connectivity index (χ0) is 12.3. The van der Waals surface area contributed by atoms with Gasteiger partial charge in [0.1, 0.15) is 0 Å². The summed E-state index contributed by atoms with van der Waals surface area (Å²) in [6, 6.07) is 8.11. The quantitative estimate of drug-likeness (QED) is 0.838. The lowest BCUT2D eigenvalue weighted by atomic mass is 9.76. The third kappa shape index (κ3) is 3.02. The maximum absolute atomic E-state index is 6.37. The summed E-state index contributed by atoms with van der Waals surface area (Å²) in [6.45, 7) is 2.29. The molecule has 0 aromatic heterocycles. The zero-order valence-corrected chi connectivity index (χ0v) is 11.3. The van der Waals surface area contributed by atoms with E-state index in [1.807, 2.05) is 18.2 Å². The van der Waals surface area contributed by atoms with Gasteiger partial charge < -0.3 is 5.73 Å². The van der Waals surface area contributed by atoms with E-state index >= 15 is 0 Å². The molecule has 1 saturated carbocycles. The highest BCUT2D eigenvalue weighted by Gasteiger charge is 2.26. The highest BCUT2D eigenvalue weighted by atomic mass is 35.5. The molecule has 0 saturated heterocycles. The summed E-state index contributed by atoms with van der Waals surface area (Å²) in [6.07, 6.45) is 6.49. The summed E-state index contributed by atoms with van der Waals surface area (Å²) in [4.78, 5) is 0. The van der Waals surface area contributed by atoms with Crippen molar-refractivity contribution in [2.75, 3.05) is 0 Å². The van der Waals surface area contributed by atoms with Crippen LogP contribution < -0.4 is 5.73 Å². The second kappa shape index (κ2) is 5.88. The minimum Gasteiger partial charge on any atom is -0.324 e. The molecule has 1 aliphatic rings. The maximum Gasteiger partial charge on any atom is 0.0453 e. The molecule has 1 nitrogen and oxygen atoms in total. The molecule has 0 bridgehead atoms. The van der Waals surface area contributed by atoms with E-state index in [2.05, 4.69) is 13.0 Å². The van der Waals surface area contributed by atoms with Crippen molar-refractivity contribution in [3.05, 3.63) is 34.9 Å². The van der Waals surface area contributed by atoms with Crippen molar-refractivity contribution >= 4 is 11.6 Å². The molecule has 0 aliphatic heterocycles. The number of benzene rings is 1. The molecule has 2 heteroatoms. The largest absolute Gasteiger partial charge is 0.324 e. The van der Waals surface area contributed by atoms with Crippen LogP contribution in [-0.4, -0.2) is 0 Å². The van der Waals surface area contributed by atoms with Crippen molar-refractivity contribution < 1.29 is 0 Å². The van der Waals surface area contributed by atoms with Crippen LogP contribution in [0.25, 0.3) is 0 Å². The van der Waals surface area contributed by atoms with Crippen LogP contribution in [0.4, 0.5) is 0 Å². The third-order valence-electron chi connectivity index (χ3n) is 4.24. The Morgan fingerprint density at radius 1 is 1.24 bits per heavy atom. The van der Waals surface area contributed by atoms with Gasteiger partial charge in [-0.3, -0.25) is 0 Å². The van der Waals surface area contributed by atoms with Crippen molar-refractivity contribution in [2.24, 2.45) is 17.6 Å². The fourth-order valence-electron chi connectivity index (χ4n) is 2.95. The molecule has 0 amide bonds. The third-order valence-corrected chi connectivity index (χ3v) is 4.59. The van der Waals surface area contributed by atoms with E-state index in [0.717, 1.165) is 16.5 Å². The number of nitrogens with two attached hydrogens (primary N) is 1.